The van der Waals surface area contributed by atoms with E-state index in [1.165, 1.54) is 17.0 Å². The van der Waals surface area contributed by atoms with Crippen LogP contribution in [0.1, 0.15) is 44.6 Å². The third-order valence-electron chi connectivity index (χ3n) is 7.32. The number of methoxy groups -OCH3 is 1. The molecule has 1 atom stereocenters. The van der Waals surface area contributed by atoms with Crippen LogP contribution in [0.5, 0.6) is 5.75 Å². The zero-order valence-electron chi connectivity index (χ0n) is 23.3. The van der Waals surface area contributed by atoms with Crippen LogP contribution in [0.25, 0.3) is 0 Å². The summed E-state index contributed by atoms with van der Waals surface area (Å²) >= 11 is 6.08. The average Bonchev–Trinajstić information content (AvgIpc) is 3.50. The van der Waals surface area contributed by atoms with Gasteiger partial charge in [-0.25, -0.2) is 8.42 Å². The van der Waals surface area contributed by atoms with Crippen molar-refractivity contribution in [1.82, 2.24) is 10.2 Å². The van der Waals surface area contributed by atoms with E-state index in [-0.39, 0.29) is 23.4 Å². The molecule has 0 aliphatic heterocycles. The van der Waals surface area contributed by atoms with E-state index < -0.39 is 28.5 Å². The lowest BCUT2D eigenvalue weighted by Crippen LogP contribution is -2.53. The van der Waals surface area contributed by atoms with Crippen molar-refractivity contribution in [2.45, 2.75) is 62.6 Å². The number of hydrogen-bond acceptors (Lipinski definition) is 5. The van der Waals surface area contributed by atoms with Gasteiger partial charge in [-0.3, -0.25) is 13.9 Å². The van der Waals surface area contributed by atoms with Gasteiger partial charge in [0.1, 0.15) is 18.3 Å². The number of ether oxygens (including phenoxy) is 1. The molecule has 0 heterocycles. The molecule has 4 rings (SSSR count). The quantitative estimate of drug-likeness (QED) is 0.301. The highest BCUT2D eigenvalue weighted by molar-refractivity contribution is 7.92. The monoisotopic (exact) mass is 597 g/mol. The molecule has 1 fully saturated rings. The number of hydrogen-bond donors (Lipinski definition) is 1. The van der Waals surface area contributed by atoms with Crippen molar-refractivity contribution < 1.29 is 22.7 Å². The predicted molar refractivity (Wildman–Crippen MR) is 160 cm³/mol. The van der Waals surface area contributed by atoms with Crippen LogP contribution in [0, 0.1) is 0 Å². The predicted octanol–water partition coefficient (Wildman–Crippen LogP) is 5.41. The first-order valence-electron chi connectivity index (χ1n) is 13.8. The van der Waals surface area contributed by atoms with E-state index in [0.717, 1.165) is 35.6 Å². The largest absolute Gasteiger partial charge is 0.497 e. The van der Waals surface area contributed by atoms with Gasteiger partial charge in [0.05, 0.1) is 17.7 Å². The molecule has 10 heteroatoms. The number of anilines is 1. The Balaban J connectivity index is 1.69. The van der Waals surface area contributed by atoms with Crippen molar-refractivity contribution in [3.05, 3.63) is 89.4 Å². The van der Waals surface area contributed by atoms with Crippen LogP contribution < -0.4 is 14.4 Å². The number of amides is 2. The number of nitrogens with zero attached hydrogens (tertiary/aromatic N) is 2. The summed E-state index contributed by atoms with van der Waals surface area (Å²) in [6.07, 6.45) is 4.31. The molecule has 0 radical (unpaired) electrons. The number of benzene rings is 3. The topological polar surface area (TPSA) is 96.0 Å². The Morgan fingerprint density at radius 2 is 1.61 bits per heavy atom. The molecule has 218 valence electrons. The molecular weight excluding hydrogens is 562 g/mol. The normalized spacial score (nSPS) is 14.3. The van der Waals surface area contributed by atoms with Crippen molar-refractivity contribution >= 4 is 39.1 Å². The van der Waals surface area contributed by atoms with Crippen LogP contribution in [-0.2, 0) is 26.2 Å². The van der Waals surface area contributed by atoms with Crippen LogP contribution in [0.15, 0.2) is 83.8 Å². The van der Waals surface area contributed by atoms with Crippen molar-refractivity contribution in [2.75, 3.05) is 18.0 Å². The van der Waals surface area contributed by atoms with Gasteiger partial charge in [0.15, 0.2) is 0 Å². The van der Waals surface area contributed by atoms with Gasteiger partial charge in [0.2, 0.25) is 11.8 Å². The molecule has 3 aromatic rings. The van der Waals surface area contributed by atoms with Crippen molar-refractivity contribution in [3.63, 3.8) is 0 Å². The number of sulfonamides is 1. The SMILES string of the molecule is CCC(C(=O)NC1CCCC1)N(Cc1ccc(OC)cc1)C(=O)CN(c1ccc(Cl)cc1)S(=O)(=O)c1ccccc1. The first-order valence-corrected chi connectivity index (χ1v) is 15.6. The van der Waals surface area contributed by atoms with Gasteiger partial charge in [0, 0.05) is 17.6 Å². The van der Waals surface area contributed by atoms with Gasteiger partial charge in [0.25, 0.3) is 10.0 Å². The fourth-order valence-corrected chi connectivity index (χ4v) is 6.63. The Morgan fingerprint density at radius 3 is 2.20 bits per heavy atom. The van der Waals surface area contributed by atoms with E-state index in [4.69, 9.17) is 16.3 Å². The molecule has 0 bridgehead atoms. The van der Waals surface area contributed by atoms with E-state index in [2.05, 4.69) is 5.32 Å². The molecule has 1 N–H and O–H groups in total. The lowest BCUT2D eigenvalue weighted by molar-refractivity contribution is -0.140. The zero-order chi connectivity index (χ0) is 29.4. The van der Waals surface area contributed by atoms with Crippen LogP contribution in [0.3, 0.4) is 0 Å². The molecular formula is C31H36ClN3O5S. The Kier molecular flexibility index (Phi) is 10.3. The summed E-state index contributed by atoms with van der Waals surface area (Å²) in [5.74, 6) is -0.0607. The summed E-state index contributed by atoms with van der Waals surface area (Å²) in [5.41, 5.74) is 1.08. The maximum atomic E-state index is 14.1. The van der Waals surface area contributed by atoms with Gasteiger partial charge >= 0.3 is 0 Å². The molecule has 41 heavy (non-hydrogen) atoms. The first kappa shape index (κ1) is 30.4. The zero-order valence-corrected chi connectivity index (χ0v) is 24.9. The molecule has 0 spiro atoms. The van der Waals surface area contributed by atoms with Crippen molar-refractivity contribution in [1.29, 1.82) is 0 Å². The summed E-state index contributed by atoms with van der Waals surface area (Å²) in [7, 11) is -2.55. The molecule has 2 amide bonds. The number of halogens is 1. The lowest BCUT2D eigenvalue weighted by atomic mass is 10.1. The van der Waals surface area contributed by atoms with Crippen molar-refractivity contribution in [2.24, 2.45) is 0 Å². The second-order valence-corrected chi connectivity index (χ2v) is 12.4. The fraction of sp³-hybridized carbons (Fsp3) is 0.355. The third-order valence-corrected chi connectivity index (χ3v) is 9.36. The standard InChI is InChI=1S/C31H36ClN3O5S/c1-3-29(31(37)33-25-9-7-8-10-25)34(21-23-13-19-27(40-2)20-14-23)30(36)22-35(26-17-15-24(32)16-18-26)41(38,39)28-11-5-4-6-12-28/h4-6,11-20,25,29H,3,7-10,21-22H2,1-2H3,(H,33,37). The average molecular weight is 598 g/mol. The Bertz CT molecular complexity index is 1410. The molecule has 3 aromatic carbocycles. The number of rotatable bonds is 12. The fourth-order valence-electron chi connectivity index (χ4n) is 5.07. The lowest BCUT2D eigenvalue weighted by Gasteiger charge is -2.33. The number of carbonyl (C=O) groups excluding carboxylic acids is 2. The Hall–Kier alpha value is -3.56. The van der Waals surface area contributed by atoms with Gasteiger partial charge in [-0.2, -0.15) is 0 Å². The van der Waals surface area contributed by atoms with Crippen LogP contribution in [0.2, 0.25) is 5.02 Å². The minimum absolute atomic E-state index is 0.0514. The maximum absolute atomic E-state index is 14.1. The highest BCUT2D eigenvalue weighted by Gasteiger charge is 2.34. The molecule has 0 aromatic heterocycles. The number of nitrogens with one attached hydrogen (secondary N) is 1. The van der Waals surface area contributed by atoms with Gasteiger partial charge < -0.3 is 15.0 Å². The first-order chi connectivity index (χ1) is 19.7. The molecule has 1 aliphatic carbocycles. The second-order valence-electron chi connectivity index (χ2n) is 10.1. The highest BCUT2D eigenvalue weighted by atomic mass is 35.5. The minimum Gasteiger partial charge on any atom is -0.497 e. The van der Waals surface area contributed by atoms with E-state index in [1.807, 2.05) is 19.1 Å². The van der Waals surface area contributed by atoms with Gasteiger partial charge in [-0.05, 0) is 73.4 Å². The van der Waals surface area contributed by atoms with Crippen molar-refractivity contribution in [3.8, 4) is 5.75 Å². The van der Waals surface area contributed by atoms with E-state index >= 15 is 0 Å². The molecule has 1 aliphatic rings. The molecule has 0 saturated heterocycles. The summed E-state index contributed by atoms with van der Waals surface area (Å²) < 4.78 is 34.0. The van der Waals surface area contributed by atoms with Crippen LogP contribution in [0.4, 0.5) is 5.69 Å². The molecule has 1 unspecified atom stereocenters. The van der Waals surface area contributed by atoms with E-state index in [9.17, 15) is 18.0 Å². The summed E-state index contributed by atoms with van der Waals surface area (Å²) in [5, 5.41) is 3.56. The summed E-state index contributed by atoms with van der Waals surface area (Å²) in [4.78, 5) is 29.2. The minimum atomic E-state index is -4.12. The molecule has 8 nitrogen and oxygen atoms in total. The van der Waals surface area contributed by atoms with Crippen LogP contribution in [-0.4, -0.2) is 50.9 Å². The Labute approximate surface area is 247 Å². The molecule has 1 saturated carbocycles. The van der Waals surface area contributed by atoms with Gasteiger partial charge in [-0.1, -0.05) is 61.7 Å². The van der Waals surface area contributed by atoms with E-state index in [1.54, 1.807) is 61.7 Å². The van der Waals surface area contributed by atoms with Gasteiger partial charge in [-0.15, -0.1) is 0 Å². The summed E-state index contributed by atoms with van der Waals surface area (Å²) in [6.45, 7) is 1.48. The third kappa shape index (κ3) is 7.59. The number of carbonyl (C=O) groups is 2. The van der Waals surface area contributed by atoms with E-state index in [0.29, 0.717) is 22.9 Å². The second kappa shape index (κ2) is 13.9. The summed E-state index contributed by atoms with van der Waals surface area (Å²) in [6, 6.07) is 20.8. The smallest absolute Gasteiger partial charge is 0.264 e. The maximum Gasteiger partial charge on any atom is 0.264 e. The Morgan fingerprint density at radius 1 is 0.976 bits per heavy atom. The highest BCUT2D eigenvalue weighted by Crippen LogP contribution is 2.26. The van der Waals surface area contributed by atoms with Crippen LogP contribution >= 0.6 is 11.6 Å².